The number of Topliss-reactive ketones (excluding diaryl/α,β-unsaturated/α-hetero) is 1. The maximum absolute atomic E-state index is 12.4. The van der Waals surface area contributed by atoms with Gasteiger partial charge in [0.25, 0.3) is 0 Å². The lowest BCUT2D eigenvalue weighted by atomic mass is 10.1. The quantitative estimate of drug-likeness (QED) is 0.454. The van der Waals surface area contributed by atoms with Crippen LogP contribution in [0.15, 0.2) is 42.2 Å². The number of allylic oxidation sites excluding steroid dienone is 1. The summed E-state index contributed by atoms with van der Waals surface area (Å²) in [5.74, 6) is -0.0774. The fourth-order valence-electron chi connectivity index (χ4n) is 2.26. The van der Waals surface area contributed by atoms with Gasteiger partial charge in [0, 0.05) is 13.2 Å². The molecule has 0 spiro atoms. The first-order valence-electron chi connectivity index (χ1n) is 7.21. The molecule has 0 amide bonds. The van der Waals surface area contributed by atoms with Gasteiger partial charge in [0.1, 0.15) is 18.1 Å². The monoisotopic (exact) mass is 378 g/mol. The number of methoxy groups -OCH3 is 1. The summed E-state index contributed by atoms with van der Waals surface area (Å²) in [6.07, 6.45) is 1.57. The Bertz CT molecular complexity index is 889. The van der Waals surface area contributed by atoms with Crippen LogP contribution in [0.5, 0.6) is 11.5 Å². The molecule has 0 aromatic heterocycles. The maximum Gasteiger partial charge on any atom is 0.337 e. The molecule has 2 aromatic rings. The maximum atomic E-state index is 12.4. The van der Waals surface area contributed by atoms with Gasteiger partial charge in [0.05, 0.1) is 15.6 Å². The Morgan fingerprint density at radius 2 is 1.96 bits per heavy atom. The summed E-state index contributed by atoms with van der Waals surface area (Å²) in [6.45, 7) is -0.167. The van der Waals surface area contributed by atoms with E-state index in [4.69, 9.17) is 37.4 Å². The lowest BCUT2D eigenvalue weighted by Crippen LogP contribution is -2.14. The molecule has 0 saturated carbocycles. The van der Waals surface area contributed by atoms with E-state index in [1.165, 1.54) is 19.2 Å². The van der Waals surface area contributed by atoms with Gasteiger partial charge in [-0.15, -0.1) is 0 Å². The molecule has 25 heavy (non-hydrogen) atoms. The third-order valence-electron chi connectivity index (χ3n) is 3.38. The lowest BCUT2D eigenvalue weighted by Gasteiger charge is -2.04. The number of esters is 1. The Kier molecular flexibility index (Phi) is 5.08. The van der Waals surface area contributed by atoms with Gasteiger partial charge in [-0.3, -0.25) is 4.79 Å². The van der Waals surface area contributed by atoms with Gasteiger partial charge in [-0.05, 0) is 35.9 Å². The van der Waals surface area contributed by atoms with E-state index in [0.717, 1.165) is 0 Å². The van der Waals surface area contributed by atoms with Crippen LogP contribution < -0.4 is 9.47 Å². The van der Waals surface area contributed by atoms with Crippen molar-refractivity contribution in [2.75, 3.05) is 13.7 Å². The average Bonchev–Trinajstić information content (AvgIpc) is 2.87. The molecule has 0 atom stereocenters. The van der Waals surface area contributed by atoms with Crippen LogP contribution in [-0.2, 0) is 9.53 Å². The SMILES string of the molecule is COCC(=O)Oc1ccc2c(c1)O/C(=C\c1ccc(Cl)c(Cl)c1)C2=O. The molecule has 0 saturated heterocycles. The number of hydrogen-bond donors (Lipinski definition) is 0. The summed E-state index contributed by atoms with van der Waals surface area (Å²) >= 11 is 11.9. The molecule has 0 N–H and O–H groups in total. The van der Waals surface area contributed by atoms with Crippen LogP contribution in [0.1, 0.15) is 15.9 Å². The van der Waals surface area contributed by atoms with Crippen molar-refractivity contribution in [3.05, 3.63) is 63.3 Å². The first-order chi connectivity index (χ1) is 12.0. The number of carbonyl (C=O) groups is 2. The Balaban J connectivity index is 1.84. The number of rotatable bonds is 4. The van der Waals surface area contributed by atoms with Crippen LogP contribution in [-0.4, -0.2) is 25.5 Å². The number of halogens is 2. The first-order valence-corrected chi connectivity index (χ1v) is 7.96. The summed E-state index contributed by atoms with van der Waals surface area (Å²) in [5.41, 5.74) is 1.06. The van der Waals surface area contributed by atoms with Crippen molar-refractivity contribution in [1.29, 1.82) is 0 Å². The number of benzene rings is 2. The van der Waals surface area contributed by atoms with Crippen LogP contribution >= 0.6 is 23.2 Å². The van der Waals surface area contributed by atoms with Gasteiger partial charge >= 0.3 is 5.97 Å². The van der Waals surface area contributed by atoms with Crippen LogP contribution in [0, 0.1) is 0 Å². The van der Waals surface area contributed by atoms with Gasteiger partial charge in [-0.2, -0.15) is 0 Å². The predicted octanol–water partition coefficient (Wildman–Crippen LogP) is 4.16. The second kappa shape index (κ2) is 7.27. The Labute approximate surface area is 153 Å². The normalized spacial score (nSPS) is 14.4. The molecule has 2 aromatic carbocycles. The Morgan fingerprint density at radius 3 is 2.68 bits per heavy atom. The second-order valence-electron chi connectivity index (χ2n) is 5.18. The van der Waals surface area contributed by atoms with E-state index in [2.05, 4.69) is 0 Å². The van der Waals surface area contributed by atoms with Crippen LogP contribution in [0.25, 0.3) is 6.08 Å². The van der Waals surface area contributed by atoms with Crippen LogP contribution in [0.4, 0.5) is 0 Å². The molecule has 1 aliphatic rings. The van der Waals surface area contributed by atoms with Crippen LogP contribution in [0.3, 0.4) is 0 Å². The number of fused-ring (bicyclic) bond motifs is 1. The number of hydrogen-bond acceptors (Lipinski definition) is 5. The second-order valence-corrected chi connectivity index (χ2v) is 5.99. The average molecular weight is 379 g/mol. The van der Waals surface area contributed by atoms with Gasteiger partial charge < -0.3 is 14.2 Å². The van der Waals surface area contributed by atoms with Crippen molar-refractivity contribution >= 4 is 41.0 Å². The summed E-state index contributed by atoms with van der Waals surface area (Å²) in [4.78, 5) is 23.9. The molecule has 7 heteroatoms. The standard InChI is InChI=1S/C18H12Cl2O5/c1-23-9-17(21)24-11-3-4-12-15(8-11)25-16(18(12)22)7-10-2-5-13(19)14(20)6-10/h2-8H,9H2,1H3/b16-7-. The summed E-state index contributed by atoms with van der Waals surface area (Å²) in [7, 11) is 1.39. The molecule has 0 fully saturated rings. The Morgan fingerprint density at radius 1 is 1.16 bits per heavy atom. The van der Waals surface area contributed by atoms with Gasteiger partial charge in [0.2, 0.25) is 5.78 Å². The van der Waals surface area contributed by atoms with Crippen molar-refractivity contribution in [1.82, 2.24) is 0 Å². The van der Waals surface area contributed by atoms with E-state index in [1.807, 2.05) is 0 Å². The molecule has 0 radical (unpaired) electrons. The smallest absolute Gasteiger partial charge is 0.337 e. The zero-order chi connectivity index (χ0) is 18.0. The van der Waals surface area contributed by atoms with Crippen molar-refractivity contribution < 1.29 is 23.8 Å². The van der Waals surface area contributed by atoms with E-state index in [9.17, 15) is 9.59 Å². The topological polar surface area (TPSA) is 61.8 Å². The van der Waals surface area contributed by atoms with Gasteiger partial charge in [-0.25, -0.2) is 4.79 Å². The highest BCUT2D eigenvalue weighted by Crippen LogP contribution is 2.35. The summed E-state index contributed by atoms with van der Waals surface area (Å²) < 4.78 is 15.4. The van der Waals surface area contributed by atoms with Crippen molar-refractivity contribution in [2.24, 2.45) is 0 Å². The minimum Gasteiger partial charge on any atom is -0.452 e. The molecule has 0 unspecified atom stereocenters. The van der Waals surface area contributed by atoms with Gasteiger partial charge in [-0.1, -0.05) is 29.3 Å². The molecular weight excluding hydrogens is 367 g/mol. The van der Waals surface area contributed by atoms with E-state index in [0.29, 0.717) is 26.9 Å². The van der Waals surface area contributed by atoms with E-state index in [1.54, 1.807) is 30.3 Å². The highest BCUT2D eigenvalue weighted by atomic mass is 35.5. The molecule has 1 heterocycles. The predicted molar refractivity (Wildman–Crippen MR) is 93.4 cm³/mol. The number of ether oxygens (including phenoxy) is 3. The first kappa shape index (κ1) is 17.5. The summed E-state index contributed by atoms with van der Waals surface area (Å²) in [5, 5.41) is 0.805. The Hall–Kier alpha value is -2.34. The highest BCUT2D eigenvalue weighted by Gasteiger charge is 2.28. The lowest BCUT2D eigenvalue weighted by molar-refractivity contribution is -0.138. The number of ketones is 1. The zero-order valence-electron chi connectivity index (χ0n) is 13.0. The van der Waals surface area contributed by atoms with E-state index >= 15 is 0 Å². The molecule has 1 aliphatic heterocycles. The minimum absolute atomic E-state index is 0.147. The molecular formula is C18H12Cl2O5. The van der Waals surface area contributed by atoms with Crippen LogP contribution in [0.2, 0.25) is 10.0 Å². The summed E-state index contributed by atoms with van der Waals surface area (Å²) in [6, 6.07) is 9.54. The molecule has 0 aliphatic carbocycles. The fourth-order valence-corrected chi connectivity index (χ4v) is 2.57. The number of carbonyl (C=O) groups excluding carboxylic acids is 2. The highest BCUT2D eigenvalue weighted by molar-refractivity contribution is 6.42. The van der Waals surface area contributed by atoms with E-state index < -0.39 is 5.97 Å². The molecule has 0 bridgehead atoms. The fraction of sp³-hybridized carbons (Fsp3) is 0.111. The molecule has 5 nitrogen and oxygen atoms in total. The van der Waals surface area contributed by atoms with Crippen molar-refractivity contribution in [3.63, 3.8) is 0 Å². The van der Waals surface area contributed by atoms with Gasteiger partial charge in [0.15, 0.2) is 5.76 Å². The zero-order valence-corrected chi connectivity index (χ0v) is 14.6. The minimum atomic E-state index is -0.543. The van der Waals surface area contributed by atoms with Crippen molar-refractivity contribution in [3.8, 4) is 11.5 Å². The molecule has 128 valence electrons. The van der Waals surface area contributed by atoms with Crippen molar-refractivity contribution in [2.45, 2.75) is 0 Å². The third kappa shape index (κ3) is 3.85. The third-order valence-corrected chi connectivity index (χ3v) is 4.12. The largest absolute Gasteiger partial charge is 0.452 e. The van der Waals surface area contributed by atoms with E-state index in [-0.39, 0.29) is 23.9 Å². The molecule has 3 rings (SSSR count).